The number of carbonyl (C=O) groups is 1. The molecule has 0 unspecified atom stereocenters. The van der Waals surface area contributed by atoms with E-state index in [0.717, 1.165) is 31.6 Å². The molecule has 19 heavy (non-hydrogen) atoms. The van der Waals surface area contributed by atoms with Crippen LogP contribution in [-0.2, 0) is 17.8 Å². The molecule has 1 aromatic rings. The third-order valence-electron chi connectivity index (χ3n) is 3.90. The Hall–Kier alpha value is -1.51. The third kappa shape index (κ3) is 3.49. The maximum Gasteiger partial charge on any atom is 0.222 e. The van der Waals surface area contributed by atoms with Gasteiger partial charge >= 0.3 is 0 Å². The van der Waals surface area contributed by atoms with Crippen LogP contribution in [0, 0.1) is 0 Å². The molecule has 0 atom stereocenters. The first kappa shape index (κ1) is 13.9. The average Bonchev–Trinajstić information content (AvgIpc) is 2.43. The number of hydrogen-bond acceptors (Lipinski definition) is 2. The maximum absolute atomic E-state index is 12.2. The van der Waals surface area contributed by atoms with Crippen molar-refractivity contribution in [3.05, 3.63) is 29.3 Å². The molecule has 1 aliphatic rings. The van der Waals surface area contributed by atoms with Crippen molar-refractivity contribution in [2.45, 2.75) is 52.0 Å². The lowest BCUT2D eigenvalue weighted by Gasteiger charge is -2.29. The van der Waals surface area contributed by atoms with Crippen LogP contribution in [0.25, 0.3) is 0 Å². The Labute approximate surface area is 115 Å². The van der Waals surface area contributed by atoms with Crippen LogP contribution >= 0.6 is 0 Å². The van der Waals surface area contributed by atoms with Gasteiger partial charge in [-0.05, 0) is 30.0 Å². The van der Waals surface area contributed by atoms with Gasteiger partial charge in [-0.1, -0.05) is 38.3 Å². The SMILES string of the molecule is CCCCCCC(=O)N1CCc2c(N)cccc2C1. The van der Waals surface area contributed by atoms with Crippen LogP contribution in [-0.4, -0.2) is 17.4 Å². The Morgan fingerprint density at radius 1 is 1.32 bits per heavy atom. The van der Waals surface area contributed by atoms with Crippen molar-refractivity contribution in [3.8, 4) is 0 Å². The molecule has 1 aromatic carbocycles. The largest absolute Gasteiger partial charge is 0.398 e. The highest BCUT2D eigenvalue weighted by Gasteiger charge is 2.21. The molecule has 0 radical (unpaired) electrons. The van der Waals surface area contributed by atoms with Crippen molar-refractivity contribution in [1.29, 1.82) is 0 Å². The standard InChI is InChI=1S/C16H24N2O/c1-2-3-4-5-9-16(19)18-11-10-14-13(12-18)7-6-8-15(14)17/h6-8H,2-5,9-12,17H2,1H3. The van der Waals surface area contributed by atoms with Crippen LogP contribution in [0.2, 0.25) is 0 Å². The lowest BCUT2D eigenvalue weighted by Crippen LogP contribution is -2.36. The predicted octanol–water partition coefficient (Wildman–Crippen LogP) is 3.12. The van der Waals surface area contributed by atoms with Gasteiger partial charge in [0.1, 0.15) is 0 Å². The van der Waals surface area contributed by atoms with Crippen molar-refractivity contribution < 1.29 is 4.79 Å². The fourth-order valence-corrected chi connectivity index (χ4v) is 2.71. The monoisotopic (exact) mass is 260 g/mol. The summed E-state index contributed by atoms with van der Waals surface area (Å²) in [7, 11) is 0. The number of amides is 1. The van der Waals surface area contributed by atoms with Gasteiger partial charge in [-0.2, -0.15) is 0 Å². The number of anilines is 1. The quantitative estimate of drug-likeness (QED) is 0.653. The second-order valence-electron chi connectivity index (χ2n) is 5.36. The Balaban J connectivity index is 1.89. The number of rotatable bonds is 5. The topological polar surface area (TPSA) is 46.3 Å². The smallest absolute Gasteiger partial charge is 0.222 e. The maximum atomic E-state index is 12.2. The molecule has 3 heteroatoms. The minimum absolute atomic E-state index is 0.296. The number of nitrogens with zero attached hydrogens (tertiary/aromatic N) is 1. The van der Waals surface area contributed by atoms with E-state index in [9.17, 15) is 4.79 Å². The molecule has 0 saturated carbocycles. The van der Waals surface area contributed by atoms with Crippen LogP contribution in [0.4, 0.5) is 5.69 Å². The van der Waals surface area contributed by atoms with Crippen molar-refractivity contribution in [2.24, 2.45) is 0 Å². The molecule has 0 aromatic heterocycles. The normalized spacial score (nSPS) is 14.3. The summed E-state index contributed by atoms with van der Waals surface area (Å²) in [5, 5.41) is 0. The molecule has 0 spiro atoms. The zero-order chi connectivity index (χ0) is 13.7. The highest BCUT2D eigenvalue weighted by molar-refractivity contribution is 5.76. The number of nitrogen functional groups attached to an aromatic ring is 1. The van der Waals surface area contributed by atoms with Gasteiger partial charge < -0.3 is 10.6 Å². The van der Waals surface area contributed by atoms with E-state index < -0.39 is 0 Å². The van der Waals surface area contributed by atoms with Crippen LogP contribution in [0.5, 0.6) is 0 Å². The summed E-state index contributed by atoms with van der Waals surface area (Å²) in [5.41, 5.74) is 9.29. The number of unbranched alkanes of at least 4 members (excludes halogenated alkanes) is 3. The first-order valence-electron chi connectivity index (χ1n) is 7.36. The molecule has 0 aliphatic carbocycles. The summed E-state index contributed by atoms with van der Waals surface area (Å²) >= 11 is 0. The Morgan fingerprint density at radius 3 is 2.95 bits per heavy atom. The fourth-order valence-electron chi connectivity index (χ4n) is 2.71. The molecule has 1 aliphatic heterocycles. The average molecular weight is 260 g/mol. The van der Waals surface area contributed by atoms with Gasteiger partial charge in [-0.25, -0.2) is 0 Å². The van der Waals surface area contributed by atoms with Crippen LogP contribution < -0.4 is 5.73 Å². The van der Waals surface area contributed by atoms with E-state index in [1.807, 2.05) is 17.0 Å². The van der Waals surface area contributed by atoms with E-state index in [1.165, 1.54) is 30.4 Å². The molecular formula is C16H24N2O. The molecule has 0 fully saturated rings. The molecule has 1 amide bonds. The molecule has 0 saturated heterocycles. The molecule has 3 nitrogen and oxygen atoms in total. The van der Waals surface area contributed by atoms with Crippen molar-refractivity contribution in [2.75, 3.05) is 12.3 Å². The zero-order valence-electron chi connectivity index (χ0n) is 11.8. The molecule has 2 N–H and O–H groups in total. The first-order valence-corrected chi connectivity index (χ1v) is 7.36. The Kier molecular flexibility index (Phi) is 4.83. The van der Waals surface area contributed by atoms with E-state index >= 15 is 0 Å². The van der Waals surface area contributed by atoms with Crippen molar-refractivity contribution in [1.82, 2.24) is 4.90 Å². The molecular weight excluding hydrogens is 236 g/mol. The van der Waals surface area contributed by atoms with E-state index in [2.05, 4.69) is 13.0 Å². The van der Waals surface area contributed by atoms with E-state index in [4.69, 9.17) is 5.73 Å². The lowest BCUT2D eigenvalue weighted by molar-refractivity contribution is -0.132. The molecule has 2 rings (SSSR count). The second kappa shape index (κ2) is 6.60. The number of hydrogen-bond donors (Lipinski definition) is 1. The van der Waals surface area contributed by atoms with Gasteiger partial charge in [0, 0.05) is 25.2 Å². The first-order chi connectivity index (χ1) is 9.22. The minimum atomic E-state index is 0.296. The van der Waals surface area contributed by atoms with E-state index in [0.29, 0.717) is 12.3 Å². The Morgan fingerprint density at radius 2 is 2.16 bits per heavy atom. The van der Waals surface area contributed by atoms with Gasteiger partial charge in [0.25, 0.3) is 0 Å². The van der Waals surface area contributed by atoms with Gasteiger partial charge in [0.05, 0.1) is 0 Å². The minimum Gasteiger partial charge on any atom is -0.398 e. The summed E-state index contributed by atoms with van der Waals surface area (Å²) in [6.07, 6.45) is 6.21. The summed E-state index contributed by atoms with van der Waals surface area (Å²) < 4.78 is 0. The predicted molar refractivity (Wildman–Crippen MR) is 78.7 cm³/mol. The summed E-state index contributed by atoms with van der Waals surface area (Å²) in [4.78, 5) is 14.1. The lowest BCUT2D eigenvalue weighted by atomic mass is 9.97. The van der Waals surface area contributed by atoms with Gasteiger partial charge in [0.2, 0.25) is 5.91 Å². The highest BCUT2D eigenvalue weighted by Crippen LogP contribution is 2.24. The molecule has 0 bridgehead atoms. The molecule has 104 valence electrons. The van der Waals surface area contributed by atoms with Gasteiger partial charge in [-0.3, -0.25) is 4.79 Å². The van der Waals surface area contributed by atoms with Crippen molar-refractivity contribution >= 4 is 11.6 Å². The second-order valence-corrected chi connectivity index (χ2v) is 5.36. The number of carbonyl (C=O) groups excluding carboxylic acids is 1. The van der Waals surface area contributed by atoms with Crippen LogP contribution in [0.1, 0.15) is 50.2 Å². The van der Waals surface area contributed by atoms with E-state index in [-0.39, 0.29) is 0 Å². The summed E-state index contributed by atoms with van der Waals surface area (Å²) in [6, 6.07) is 6.01. The third-order valence-corrected chi connectivity index (χ3v) is 3.90. The van der Waals surface area contributed by atoms with E-state index in [1.54, 1.807) is 0 Å². The van der Waals surface area contributed by atoms with Gasteiger partial charge in [0.15, 0.2) is 0 Å². The highest BCUT2D eigenvalue weighted by atomic mass is 16.2. The summed E-state index contributed by atoms with van der Waals surface area (Å²) in [6.45, 7) is 3.73. The van der Waals surface area contributed by atoms with Gasteiger partial charge in [-0.15, -0.1) is 0 Å². The fraction of sp³-hybridized carbons (Fsp3) is 0.562. The Bertz CT molecular complexity index is 442. The number of benzene rings is 1. The summed E-state index contributed by atoms with van der Waals surface area (Å²) in [5.74, 6) is 0.296. The number of nitrogens with two attached hydrogens (primary N) is 1. The molecule has 1 heterocycles. The van der Waals surface area contributed by atoms with Crippen molar-refractivity contribution in [3.63, 3.8) is 0 Å². The van der Waals surface area contributed by atoms with Crippen LogP contribution in [0.3, 0.4) is 0 Å². The van der Waals surface area contributed by atoms with Crippen LogP contribution in [0.15, 0.2) is 18.2 Å². The number of fused-ring (bicyclic) bond motifs is 1. The zero-order valence-corrected chi connectivity index (χ0v) is 11.8.